The minimum absolute atomic E-state index is 0.0986. The number of rotatable bonds is 5. The molecule has 0 aliphatic carbocycles. The minimum Gasteiger partial charge on any atom is -0.497 e. The molecule has 1 heterocycles. The smallest absolute Gasteiger partial charge is 0.256 e. The van der Waals surface area contributed by atoms with Gasteiger partial charge >= 0.3 is 0 Å². The molecule has 2 aromatic carbocycles. The molecule has 2 aromatic rings. The van der Waals surface area contributed by atoms with Gasteiger partial charge in [0.25, 0.3) is 5.91 Å². The quantitative estimate of drug-likeness (QED) is 0.836. The number of hydrogen-bond donors (Lipinski definition) is 1. The highest BCUT2D eigenvalue weighted by Gasteiger charge is 2.40. The number of methoxy groups -OCH3 is 2. The first-order valence-electron chi connectivity index (χ1n) is 8.37. The largest absolute Gasteiger partial charge is 0.497 e. The lowest BCUT2D eigenvalue weighted by Crippen LogP contribution is -2.35. The van der Waals surface area contributed by atoms with E-state index in [1.807, 2.05) is 32.0 Å². The van der Waals surface area contributed by atoms with E-state index < -0.39 is 6.04 Å². The number of aryl methyl sites for hydroxylation is 2. The average molecular weight is 354 g/mol. The summed E-state index contributed by atoms with van der Waals surface area (Å²) in [6.07, 6.45) is 0.0986. The maximum Gasteiger partial charge on any atom is 0.256 e. The first-order chi connectivity index (χ1) is 12.4. The van der Waals surface area contributed by atoms with Crippen molar-refractivity contribution in [1.29, 1.82) is 0 Å². The minimum atomic E-state index is -0.635. The lowest BCUT2D eigenvalue weighted by molar-refractivity contribution is -0.121. The van der Waals surface area contributed by atoms with Crippen LogP contribution in [-0.4, -0.2) is 32.1 Å². The monoisotopic (exact) mass is 354 g/mol. The van der Waals surface area contributed by atoms with E-state index in [0.29, 0.717) is 22.9 Å². The molecule has 0 spiro atoms. The van der Waals surface area contributed by atoms with E-state index >= 15 is 0 Å². The number of amides is 2. The van der Waals surface area contributed by atoms with Crippen LogP contribution in [0.1, 0.15) is 17.5 Å². The van der Waals surface area contributed by atoms with E-state index in [1.165, 1.54) is 4.90 Å². The second-order valence-corrected chi connectivity index (χ2v) is 6.32. The van der Waals surface area contributed by atoms with Crippen LogP contribution in [-0.2, 0) is 9.59 Å². The van der Waals surface area contributed by atoms with E-state index in [1.54, 1.807) is 32.4 Å². The van der Waals surface area contributed by atoms with E-state index in [4.69, 9.17) is 9.47 Å². The van der Waals surface area contributed by atoms with Crippen molar-refractivity contribution in [2.45, 2.75) is 26.3 Å². The molecule has 0 saturated carbocycles. The van der Waals surface area contributed by atoms with Gasteiger partial charge < -0.3 is 14.8 Å². The fourth-order valence-electron chi connectivity index (χ4n) is 3.06. The van der Waals surface area contributed by atoms with Gasteiger partial charge in [-0.3, -0.25) is 9.59 Å². The third-order valence-electron chi connectivity index (χ3n) is 4.49. The molecule has 136 valence electrons. The average Bonchev–Trinajstić information content (AvgIpc) is 2.91. The van der Waals surface area contributed by atoms with Crippen molar-refractivity contribution < 1.29 is 19.1 Å². The van der Waals surface area contributed by atoms with E-state index in [9.17, 15) is 9.59 Å². The van der Waals surface area contributed by atoms with Crippen LogP contribution in [0.5, 0.6) is 11.5 Å². The Balaban J connectivity index is 1.87. The fourth-order valence-corrected chi connectivity index (χ4v) is 3.06. The molecule has 0 aromatic heterocycles. The number of benzene rings is 2. The number of hydrogen-bond acceptors (Lipinski definition) is 5. The van der Waals surface area contributed by atoms with Gasteiger partial charge in [-0.25, -0.2) is 4.90 Å². The molecule has 0 unspecified atom stereocenters. The van der Waals surface area contributed by atoms with E-state index in [0.717, 1.165) is 11.1 Å². The van der Waals surface area contributed by atoms with Gasteiger partial charge in [-0.1, -0.05) is 12.1 Å². The maximum atomic E-state index is 12.9. The van der Waals surface area contributed by atoms with Gasteiger partial charge in [-0.15, -0.1) is 0 Å². The van der Waals surface area contributed by atoms with Gasteiger partial charge in [-0.05, 0) is 43.2 Å². The Labute approximate surface area is 152 Å². The molecule has 1 aliphatic rings. The molecular weight excluding hydrogens is 332 g/mol. The highest BCUT2D eigenvalue weighted by Crippen LogP contribution is 2.33. The predicted molar refractivity (Wildman–Crippen MR) is 100.0 cm³/mol. The predicted octanol–water partition coefficient (Wildman–Crippen LogP) is 3.06. The zero-order chi connectivity index (χ0) is 18.8. The first-order valence-corrected chi connectivity index (χ1v) is 8.37. The van der Waals surface area contributed by atoms with Crippen LogP contribution in [0.2, 0.25) is 0 Å². The van der Waals surface area contributed by atoms with Gasteiger partial charge in [0.05, 0.1) is 32.0 Å². The normalized spacial score (nSPS) is 16.8. The van der Waals surface area contributed by atoms with E-state index in [2.05, 4.69) is 5.32 Å². The van der Waals surface area contributed by atoms with Crippen molar-refractivity contribution >= 4 is 23.2 Å². The number of nitrogens with one attached hydrogen (secondary N) is 1. The number of carbonyl (C=O) groups is 2. The summed E-state index contributed by atoms with van der Waals surface area (Å²) in [6.45, 7) is 3.83. The molecule has 2 amide bonds. The van der Waals surface area contributed by atoms with Crippen LogP contribution in [0.3, 0.4) is 0 Å². The van der Waals surface area contributed by atoms with Crippen LogP contribution in [0, 0.1) is 13.8 Å². The number of ether oxygens (including phenoxy) is 2. The molecule has 0 radical (unpaired) electrons. The molecule has 1 N–H and O–H groups in total. The third kappa shape index (κ3) is 3.22. The molecule has 1 aliphatic heterocycles. The molecular formula is C20H22N2O4. The van der Waals surface area contributed by atoms with Crippen molar-refractivity contribution in [3.63, 3.8) is 0 Å². The Morgan fingerprint density at radius 1 is 1.04 bits per heavy atom. The number of nitrogens with zero attached hydrogens (tertiary/aromatic N) is 1. The summed E-state index contributed by atoms with van der Waals surface area (Å²) in [7, 11) is 3.12. The zero-order valence-corrected chi connectivity index (χ0v) is 15.3. The summed E-state index contributed by atoms with van der Waals surface area (Å²) in [6, 6.07) is 10.4. The maximum absolute atomic E-state index is 12.9. The summed E-state index contributed by atoms with van der Waals surface area (Å²) < 4.78 is 10.5. The van der Waals surface area contributed by atoms with Gasteiger partial charge in [0.15, 0.2) is 0 Å². The Kier molecular flexibility index (Phi) is 4.84. The number of imide groups is 1. The van der Waals surface area contributed by atoms with Crippen LogP contribution in [0.15, 0.2) is 36.4 Å². The summed E-state index contributed by atoms with van der Waals surface area (Å²) in [5.74, 6) is 0.725. The summed E-state index contributed by atoms with van der Waals surface area (Å²) in [5, 5.41) is 3.13. The number of anilines is 2. The van der Waals surface area contributed by atoms with E-state index in [-0.39, 0.29) is 18.2 Å². The summed E-state index contributed by atoms with van der Waals surface area (Å²) in [5.41, 5.74) is 3.17. The standard InChI is InChI=1S/C20H22N2O4/c1-12-5-6-13(2)17(9-12)22-19(23)11-16(20(22)24)21-15-8-7-14(25-3)10-18(15)26-4/h5-10,16,21H,11H2,1-4H3/t16-/m0/s1. The summed E-state index contributed by atoms with van der Waals surface area (Å²) >= 11 is 0. The molecule has 6 nitrogen and oxygen atoms in total. The van der Waals surface area contributed by atoms with Crippen LogP contribution in [0.25, 0.3) is 0 Å². The van der Waals surface area contributed by atoms with Crippen LogP contribution in [0.4, 0.5) is 11.4 Å². The van der Waals surface area contributed by atoms with Gasteiger partial charge in [0, 0.05) is 6.07 Å². The second-order valence-electron chi connectivity index (χ2n) is 6.32. The lowest BCUT2D eigenvalue weighted by Gasteiger charge is -2.19. The highest BCUT2D eigenvalue weighted by atomic mass is 16.5. The molecule has 0 bridgehead atoms. The molecule has 1 saturated heterocycles. The number of carbonyl (C=O) groups excluding carboxylic acids is 2. The molecule has 1 fully saturated rings. The topological polar surface area (TPSA) is 67.9 Å². The van der Waals surface area contributed by atoms with Crippen molar-refractivity contribution in [2.24, 2.45) is 0 Å². The lowest BCUT2D eigenvalue weighted by atomic mass is 10.1. The van der Waals surface area contributed by atoms with Gasteiger partial charge in [-0.2, -0.15) is 0 Å². The Morgan fingerprint density at radius 3 is 2.50 bits per heavy atom. The van der Waals surface area contributed by atoms with Crippen LogP contribution < -0.4 is 19.7 Å². The Bertz CT molecular complexity index is 863. The molecule has 3 rings (SSSR count). The van der Waals surface area contributed by atoms with Crippen molar-refractivity contribution in [3.8, 4) is 11.5 Å². The Morgan fingerprint density at radius 2 is 1.81 bits per heavy atom. The molecule has 26 heavy (non-hydrogen) atoms. The third-order valence-corrected chi connectivity index (χ3v) is 4.49. The van der Waals surface area contributed by atoms with Crippen molar-refractivity contribution in [3.05, 3.63) is 47.5 Å². The SMILES string of the molecule is COc1ccc(N[C@H]2CC(=O)N(c3cc(C)ccc3C)C2=O)c(OC)c1. The zero-order valence-electron chi connectivity index (χ0n) is 15.3. The second kappa shape index (κ2) is 7.07. The first kappa shape index (κ1) is 17.8. The van der Waals surface area contributed by atoms with Gasteiger partial charge in [0.1, 0.15) is 17.5 Å². The summed E-state index contributed by atoms with van der Waals surface area (Å²) in [4.78, 5) is 26.7. The Hall–Kier alpha value is -3.02. The van der Waals surface area contributed by atoms with Crippen molar-refractivity contribution in [2.75, 3.05) is 24.4 Å². The fraction of sp³-hybridized carbons (Fsp3) is 0.300. The van der Waals surface area contributed by atoms with Crippen molar-refractivity contribution in [1.82, 2.24) is 0 Å². The van der Waals surface area contributed by atoms with Crippen LogP contribution >= 0.6 is 0 Å². The molecule has 1 atom stereocenters. The van der Waals surface area contributed by atoms with Gasteiger partial charge in [0.2, 0.25) is 5.91 Å². The molecule has 6 heteroatoms. The highest BCUT2D eigenvalue weighted by molar-refractivity contribution is 6.23.